The molecule has 2 aliphatic rings. The molecule has 45 heavy (non-hydrogen) atoms. The Hall–Kier alpha value is -2.96. The molecule has 0 amide bonds. The van der Waals surface area contributed by atoms with Gasteiger partial charge >= 0.3 is 21.7 Å². The van der Waals surface area contributed by atoms with Gasteiger partial charge in [-0.05, 0) is 57.2 Å². The Kier molecular flexibility index (Phi) is 13.9. The van der Waals surface area contributed by atoms with Crippen LogP contribution in [0.4, 0.5) is 0 Å². The van der Waals surface area contributed by atoms with E-state index in [0.29, 0.717) is 22.3 Å². The molecule has 2 fully saturated rings. The second kappa shape index (κ2) is 17.1. The van der Waals surface area contributed by atoms with E-state index in [4.69, 9.17) is 9.47 Å². The molecule has 2 atom stereocenters. The minimum atomic E-state index is -1.89. The van der Waals surface area contributed by atoms with E-state index in [2.05, 4.69) is 6.92 Å². The van der Waals surface area contributed by atoms with Crippen molar-refractivity contribution in [1.82, 2.24) is 0 Å². The Morgan fingerprint density at radius 2 is 0.778 bits per heavy atom. The van der Waals surface area contributed by atoms with Crippen molar-refractivity contribution >= 4 is 0 Å². The molecule has 0 N–H and O–H groups in total. The largest absolute Gasteiger partial charge is 4.00 e. The molecular weight excluding hydrogens is 592 g/mol. The van der Waals surface area contributed by atoms with E-state index in [1.165, 1.54) is 0 Å². The zero-order valence-electron chi connectivity index (χ0n) is 26.1. The summed E-state index contributed by atoms with van der Waals surface area (Å²) in [5.74, 6) is -1.13. The molecule has 1 aliphatic heterocycles. The van der Waals surface area contributed by atoms with Crippen molar-refractivity contribution in [3.8, 4) is 0 Å². The maximum atomic E-state index is 15.2. The summed E-state index contributed by atoms with van der Waals surface area (Å²) in [6.07, 6.45) is 11.4. The zero-order valence-corrected chi connectivity index (χ0v) is 27.6. The quantitative estimate of drug-likeness (QED) is 0.179. The topological polar surface area (TPSA) is 64.6 Å². The number of allylic oxidation sites excluding steroid dienone is 2. The predicted octanol–water partition coefficient (Wildman–Crippen LogP) is 6.53. The monoisotopic (exact) mass is 632 g/mol. The van der Waals surface area contributed by atoms with Gasteiger partial charge in [-0.3, -0.25) is 0 Å². The Morgan fingerprint density at radius 1 is 0.556 bits per heavy atom. The van der Waals surface area contributed by atoms with E-state index in [1.54, 1.807) is 68.5 Å². The fraction of sp³-hybridized carbons (Fsp3) is 0.200. The van der Waals surface area contributed by atoms with Gasteiger partial charge in [0, 0.05) is 0 Å². The number of benzene rings is 4. The third-order valence-corrected chi connectivity index (χ3v) is 7.50. The molecule has 5 heteroatoms. The van der Waals surface area contributed by atoms with Gasteiger partial charge in [-0.2, -0.15) is 0 Å². The molecule has 6 rings (SSSR count). The fourth-order valence-electron chi connectivity index (χ4n) is 5.41. The second-order valence-electron chi connectivity index (χ2n) is 10.9. The molecule has 1 saturated carbocycles. The van der Waals surface area contributed by atoms with E-state index < -0.39 is 29.2 Å². The van der Waals surface area contributed by atoms with Crippen LogP contribution in [0.3, 0.4) is 0 Å². The van der Waals surface area contributed by atoms with Crippen LogP contribution in [-0.4, -0.2) is 18.0 Å². The van der Waals surface area contributed by atoms with Crippen LogP contribution in [0.25, 0.3) is 0 Å². The number of ether oxygens (including phenoxy) is 2. The summed E-state index contributed by atoms with van der Waals surface area (Å²) in [5.41, 5.74) is -1.70. The number of hydrogen-bond donors (Lipinski definition) is 0. The summed E-state index contributed by atoms with van der Waals surface area (Å²) in [5, 5.41) is 30.3. The van der Waals surface area contributed by atoms with Gasteiger partial charge in [0.2, 0.25) is 0 Å². The van der Waals surface area contributed by atoms with Crippen LogP contribution < -0.4 is 10.2 Å². The maximum Gasteiger partial charge on any atom is 4.00 e. The SMILES string of the molecule is CC1(C)O[C@H](C([O-])(c2ccccc2)c2ccccc2)[C@@H](C([O-])(c2ccccc2)c2ccccc2)O1.[CH2-]/C=C/C.[CH]1[CH][CH][CH][CH]1.[Ti+4]. The third-order valence-electron chi connectivity index (χ3n) is 7.50. The average molecular weight is 633 g/mol. The minimum Gasteiger partial charge on any atom is -0.841 e. The van der Waals surface area contributed by atoms with Crippen LogP contribution in [0.1, 0.15) is 43.0 Å². The summed E-state index contributed by atoms with van der Waals surface area (Å²) >= 11 is 0. The number of hydrogen-bond acceptors (Lipinski definition) is 4. The fourth-order valence-corrected chi connectivity index (χ4v) is 5.41. The third kappa shape index (κ3) is 8.65. The van der Waals surface area contributed by atoms with E-state index in [9.17, 15) is 0 Å². The first-order valence-electron chi connectivity index (χ1n) is 14.8. The number of rotatable bonds is 6. The van der Waals surface area contributed by atoms with Crippen molar-refractivity contribution in [3.05, 3.63) is 195 Å². The van der Waals surface area contributed by atoms with Crippen molar-refractivity contribution in [2.45, 2.75) is 50.0 Å². The summed E-state index contributed by atoms with van der Waals surface area (Å²) in [6, 6.07) is 36.5. The van der Waals surface area contributed by atoms with Gasteiger partial charge in [0.25, 0.3) is 0 Å². The van der Waals surface area contributed by atoms with Crippen LogP contribution in [-0.2, 0) is 42.4 Å². The van der Waals surface area contributed by atoms with E-state index in [0.717, 1.165) is 0 Å². The maximum absolute atomic E-state index is 15.2. The molecule has 1 aliphatic carbocycles. The van der Waals surface area contributed by atoms with Gasteiger partial charge in [-0.25, -0.2) is 19.1 Å². The standard InChI is InChI=1S/C31H28O4.C5H5.C4H7.Ti/c1-29(2)34-27(30(32,23-15-7-3-8-16-23)24-17-9-4-10-18-24)28(35-29)31(33,25-19-11-5-12-20-25)26-21-13-6-14-22-26;1-2-4-5-3-1;1-3-4-2;/h3-22,27-28H,1-2H3;1-5H;3-4H,1H2,2H3;/q-2;;-1;+4/b;;4-3+;/t27-,28-;;;/m0.../s1. The molecule has 4 aromatic carbocycles. The van der Waals surface area contributed by atoms with Crippen LogP contribution >= 0.6 is 0 Å². The first kappa shape index (κ1) is 36.5. The summed E-state index contributed by atoms with van der Waals surface area (Å²) in [4.78, 5) is 0. The molecule has 4 aromatic rings. The van der Waals surface area contributed by atoms with Crippen LogP contribution in [0.15, 0.2) is 133 Å². The summed E-state index contributed by atoms with van der Waals surface area (Å²) in [7, 11) is 0. The smallest absolute Gasteiger partial charge is 0.841 e. The zero-order chi connectivity index (χ0) is 31.5. The first-order valence-corrected chi connectivity index (χ1v) is 14.8. The van der Waals surface area contributed by atoms with Crippen molar-refractivity contribution in [2.24, 2.45) is 0 Å². The minimum absolute atomic E-state index is 0. The molecule has 0 spiro atoms. The molecule has 0 unspecified atom stereocenters. The van der Waals surface area contributed by atoms with Gasteiger partial charge in [-0.1, -0.05) is 144 Å². The second-order valence-corrected chi connectivity index (χ2v) is 10.9. The molecule has 0 bridgehead atoms. The molecule has 1 saturated heterocycles. The van der Waals surface area contributed by atoms with Crippen molar-refractivity contribution in [3.63, 3.8) is 0 Å². The van der Waals surface area contributed by atoms with Crippen LogP contribution in [0, 0.1) is 39.0 Å². The molecule has 227 valence electrons. The predicted molar refractivity (Wildman–Crippen MR) is 173 cm³/mol. The Morgan fingerprint density at radius 3 is 0.978 bits per heavy atom. The van der Waals surface area contributed by atoms with Crippen molar-refractivity contribution < 1.29 is 41.4 Å². The molecule has 0 aromatic heterocycles. The van der Waals surface area contributed by atoms with E-state index in [-0.39, 0.29) is 21.7 Å². The van der Waals surface area contributed by atoms with Gasteiger partial charge in [0.15, 0.2) is 5.79 Å². The van der Waals surface area contributed by atoms with Gasteiger partial charge < -0.3 is 19.7 Å². The normalized spacial score (nSPS) is 19.0. The molecule has 1 heterocycles. The average Bonchev–Trinajstić information content (AvgIpc) is 3.78. The van der Waals surface area contributed by atoms with Crippen molar-refractivity contribution in [2.75, 3.05) is 0 Å². The van der Waals surface area contributed by atoms with Crippen LogP contribution in [0.5, 0.6) is 0 Å². The summed E-state index contributed by atoms with van der Waals surface area (Å²) < 4.78 is 12.8. The van der Waals surface area contributed by atoms with E-state index in [1.807, 2.05) is 118 Å². The van der Waals surface area contributed by atoms with Gasteiger partial charge in [0.1, 0.15) is 0 Å². The Balaban J connectivity index is 0.000000482. The first-order chi connectivity index (χ1) is 21.3. The molecule has 4 nitrogen and oxygen atoms in total. The summed E-state index contributed by atoms with van der Waals surface area (Å²) in [6.45, 7) is 8.87. The molecular formula is C40H40O4Ti+. The van der Waals surface area contributed by atoms with Crippen LogP contribution in [0.2, 0.25) is 0 Å². The Bertz CT molecular complexity index is 1210. The Labute approximate surface area is 285 Å². The molecule has 5 radical (unpaired) electrons. The van der Waals surface area contributed by atoms with Crippen molar-refractivity contribution in [1.29, 1.82) is 0 Å². The van der Waals surface area contributed by atoms with E-state index >= 15 is 10.2 Å². The van der Waals surface area contributed by atoms with Gasteiger partial charge in [-0.15, -0.1) is 6.92 Å². The van der Waals surface area contributed by atoms with Gasteiger partial charge in [0.05, 0.1) is 12.2 Å².